The number of hydrogen-bond acceptors (Lipinski definition) is 2. The Morgan fingerprint density at radius 3 is 2.68 bits per heavy atom. The van der Waals surface area contributed by atoms with Crippen LogP contribution in [0, 0.1) is 12.7 Å². The van der Waals surface area contributed by atoms with Gasteiger partial charge in [-0.05, 0) is 42.8 Å². The van der Waals surface area contributed by atoms with E-state index in [1.165, 1.54) is 0 Å². The number of carbonyl (C=O) groups excluding carboxylic acids is 1. The minimum Gasteiger partial charge on any atom is -0.507 e. The van der Waals surface area contributed by atoms with Gasteiger partial charge in [-0.1, -0.05) is 17.7 Å². The van der Waals surface area contributed by atoms with Crippen molar-refractivity contribution in [1.82, 2.24) is 0 Å². The fraction of sp³-hybridized carbons (Fsp3) is 0.0714. The van der Waals surface area contributed by atoms with Gasteiger partial charge in [0.25, 0.3) is 5.91 Å². The summed E-state index contributed by atoms with van der Waals surface area (Å²) in [6.45, 7) is 1.87. The molecule has 2 aromatic carbocycles. The molecule has 2 N–H and O–H groups in total. The van der Waals surface area contributed by atoms with Gasteiger partial charge in [-0.3, -0.25) is 4.79 Å². The molecule has 0 bridgehead atoms. The van der Waals surface area contributed by atoms with Gasteiger partial charge in [-0.2, -0.15) is 0 Å². The van der Waals surface area contributed by atoms with Crippen LogP contribution in [0.2, 0.25) is 5.02 Å². The molecule has 0 aliphatic carbocycles. The largest absolute Gasteiger partial charge is 0.507 e. The Bertz CT molecular complexity index is 643. The number of rotatable bonds is 2. The summed E-state index contributed by atoms with van der Waals surface area (Å²) >= 11 is 5.98. The first kappa shape index (κ1) is 13.4. The number of phenolic OH excluding ortho intramolecular Hbond substituents is 1. The van der Waals surface area contributed by atoms with Gasteiger partial charge in [0, 0.05) is 0 Å². The highest BCUT2D eigenvalue weighted by Crippen LogP contribution is 2.25. The lowest BCUT2D eigenvalue weighted by Crippen LogP contribution is -2.12. The number of halogens is 2. The van der Waals surface area contributed by atoms with Gasteiger partial charge in [-0.15, -0.1) is 0 Å². The lowest BCUT2D eigenvalue weighted by Gasteiger charge is -2.09. The molecule has 0 saturated heterocycles. The average Bonchev–Trinajstić information content (AvgIpc) is 2.35. The zero-order valence-corrected chi connectivity index (χ0v) is 10.8. The normalized spacial score (nSPS) is 10.3. The zero-order valence-electron chi connectivity index (χ0n) is 10.1. The first-order valence-electron chi connectivity index (χ1n) is 5.53. The van der Waals surface area contributed by atoms with Gasteiger partial charge in [0.1, 0.15) is 11.6 Å². The molecule has 0 unspecified atom stereocenters. The smallest absolute Gasteiger partial charge is 0.259 e. The summed E-state index contributed by atoms with van der Waals surface area (Å²) in [6, 6.07) is 8.29. The first-order chi connectivity index (χ1) is 8.97. The van der Waals surface area contributed by atoms with Crippen molar-refractivity contribution in [2.45, 2.75) is 6.92 Å². The monoisotopic (exact) mass is 279 g/mol. The van der Waals surface area contributed by atoms with Gasteiger partial charge in [0.2, 0.25) is 0 Å². The number of aryl methyl sites for hydroxylation is 1. The molecule has 0 aromatic heterocycles. The van der Waals surface area contributed by atoms with E-state index in [-0.39, 0.29) is 11.3 Å². The maximum absolute atomic E-state index is 13.1. The molecule has 0 spiro atoms. The van der Waals surface area contributed by atoms with Crippen molar-refractivity contribution in [2.24, 2.45) is 0 Å². The molecular formula is C14H11ClFNO2. The fourth-order valence-corrected chi connectivity index (χ4v) is 1.88. The van der Waals surface area contributed by atoms with Crippen molar-refractivity contribution in [3.63, 3.8) is 0 Å². The highest BCUT2D eigenvalue weighted by atomic mass is 35.5. The number of carbonyl (C=O) groups is 1. The van der Waals surface area contributed by atoms with Crippen molar-refractivity contribution in [3.8, 4) is 5.75 Å². The second-order valence-corrected chi connectivity index (χ2v) is 4.51. The van der Waals surface area contributed by atoms with Gasteiger partial charge in [0.05, 0.1) is 16.3 Å². The third kappa shape index (κ3) is 3.03. The lowest BCUT2D eigenvalue weighted by atomic mass is 10.1. The van der Waals surface area contributed by atoms with Crippen LogP contribution in [0.15, 0.2) is 36.4 Å². The van der Waals surface area contributed by atoms with Crippen LogP contribution in [0.25, 0.3) is 0 Å². The zero-order chi connectivity index (χ0) is 14.0. The highest BCUT2D eigenvalue weighted by Gasteiger charge is 2.13. The molecule has 0 saturated carbocycles. The summed E-state index contributed by atoms with van der Waals surface area (Å²) in [6.07, 6.45) is 0. The summed E-state index contributed by atoms with van der Waals surface area (Å²) < 4.78 is 13.1. The molecule has 0 aliphatic rings. The minimum atomic E-state index is -0.622. The Balaban J connectivity index is 2.28. The molecule has 2 aromatic rings. The Kier molecular flexibility index (Phi) is 3.71. The van der Waals surface area contributed by atoms with Gasteiger partial charge in [-0.25, -0.2) is 4.39 Å². The van der Waals surface area contributed by atoms with Gasteiger partial charge >= 0.3 is 0 Å². The maximum atomic E-state index is 13.1. The number of aromatic hydroxyl groups is 1. The number of nitrogens with one attached hydrogen (secondary N) is 1. The Labute approximate surface area is 114 Å². The summed E-state index contributed by atoms with van der Waals surface area (Å²) in [5.74, 6) is -1.51. The Morgan fingerprint density at radius 1 is 1.26 bits per heavy atom. The Hall–Kier alpha value is -2.07. The van der Waals surface area contributed by atoms with Gasteiger partial charge in [0.15, 0.2) is 0 Å². The van der Waals surface area contributed by atoms with E-state index in [4.69, 9.17) is 11.6 Å². The molecule has 5 heteroatoms. The number of benzene rings is 2. The van der Waals surface area contributed by atoms with E-state index in [9.17, 15) is 14.3 Å². The molecule has 1 amide bonds. The van der Waals surface area contributed by atoms with Crippen molar-refractivity contribution in [1.29, 1.82) is 0 Å². The fourth-order valence-electron chi connectivity index (χ4n) is 1.60. The van der Waals surface area contributed by atoms with Crippen molar-refractivity contribution in [3.05, 3.63) is 58.4 Å². The number of hydrogen-bond donors (Lipinski definition) is 2. The third-order valence-electron chi connectivity index (χ3n) is 2.58. The predicted molar refractivity (Wildman–Crippen MR) is 72.2 cm³/mol. The predicted octanol–water partition coefficient (Wildman–Crippen LogP) is 3.75. The van der Waals surface area contributed by atoms with E-state index in [1.807, 2.05) is 6.92 Å². The van der Waals surface area contributed by atoms with Crippen molar-refractivity contribution >= 4 is 23.2 Å². The third-order valence-corrected chi connectivity index (χ3v) is 2.89. The van der Waals surface area contributed by atoms with Crippen molar-refractivity contribution < 1.29 is 14.3 Å². The number of amides is 1. The molecule has 0 heterocycles. The summed E-state index contributed by atoms with van der Waals surface area (Å²) in [5, 5.41) is 12.4. The topological polar surface area (TPSA) is 49.3 Å². The van der Waals surface area contributed by atoms with Crippen LogP contribution >= 0.6 is 11.6 Å². The van der Waals surface area contributed by atoms with Crippen molar-refractivity contribution in [2.75, 3.05) is 5.32 Å². The van der Waals surface area contributed by atoms with E-state index in [0.29, 0.717) is 10.7 Å². The second-order valence-electron chi connectivity index (χ2n) is 4.10. The van der Waals surface area contributed by atoms with Gasteiger partial charge < -0.3 is 10.4 Å². The summed E-state index contributed by atoms with van der Waals surface area (Å²) in [7, 11) is 0. The van der Waals surface area contributed by atoms with E-state index in [2.05, 4.69) is 5.32 Å². The van der Waals surface area contributed by atoms with E-state index < -0.39 is 11.7 Å². The molecule has 19 heavy (non-hydrogen) atoms. The molecule has 0 radical (unpaired) electrons. The standard InChI is InChI=1S/C14H11ClFNO2/c1-8-2-4-12(11(15)6-8)17-14(19)10-7-9(16)3-5-13(10)18/h2-7,18H,1H3,(H,17,19). The molecular weight excluding hydrogens is 269 g/mol. The highest BCUT2D eigenvalue weighted by molar-refractivity contribution is 6.34. The van der Waals surface area contributed by atoms with Crippen LogP contribution in [-0.2, 0) is 0 Å². The summed E-state index contributed by atoms with van der Waals surface area (Å²) in [4.78, 5) is 11.9. The molecule has 98 valence electrons. The average molecular weight is 280 g/mol. The minimum absolute atomic E-state index is 0.142. The van der Waals surface area contributed by atoms with Crippen LogP contribution in [0.1, 0.15) is 15.9 Å². The second kappa shape index (κ2) is 5.28. The Morgan fingerprint density at radius 2 is 2.00 bits per heavy atom. The first-order valence-corrected chi connectivity index (χ1v) is 5.91. The van der Waals surface area contributed by atoms with Crippen LogP contribution in [0.3, 0.4) is 0 Å². The van der Waals surface area contributed by atoms with Crippen LogP contribution < -0.4 is 5.32 Å². The molecule has 0 aliphatic heterocycles. The maximum Gasteiger partial charge on any atom is 0.259 e. The van der Waals surface area contributed by atoms with E-state index in [1.54, 1.807) is 18.2 Å². The molecule has 3 nitrogen and oxygen atoms in total. The SMILES string of the molecule is Cc1ccc(NC(=O)c2cc(F)ccc2O)c(Cl)c1. The number of phenols is 1. The number of anilines is 1. The lowest BCUT2D eigenvalue weighted by molar-refractivity contribution is 0.102. The quantitative estimate of drug-likeness (QED) is 0.880. The van der Waals surface area contributed by atoms with Crippen LogP contribution in [0.5, 0.6) is 5.75 Å². The summed E-state index contributed by atoms with van der Waals surface area (Å²) in [5.41, 5.74) is 1.22. The van der Waals surface area contributed by atoms with Crippen LogP contribution in [0.4, 0.5) is 10.1 Å². The van der Waals surface area contributed by atoms with Crippen LogP contribution in [-0.4, -0.2) is 11.0 Å². The molecule has 2 rings (SSSR count). The molecule has 0 atom stereocenters. The van der Waals surface area contributed by atoms with E-state index in [0.717, 1.165) is 23.8 Å². The molecule has 0 fully saturated rings. The van der Waals surface area contributed by atoms with E-state index >= 15 is 0 Å².